The Bertz CT molecular complexity index is 989. The summed E-state index contributed by atoms with van der Waals surface area (Å²) in [5.74, 6) is 0.902. The van der Waals surface area contributed by atoms with Crippen LogP contribution in [0.4, 0.5) is 14.9 Å². The van der Waals surface area contributed by atoms with Crippen LogP contribution in [0.1, 0.15) is 48.9 Å². The number of carbonyl (C=O) groups excluding carboxylic acids is 2. The fourth-order valence-corrected chi connectivity index (χ4v) is 6.23. The number of nitrogens with one attached hydrogen (secondary N) is 2. The summed E-state index contributed by atoms with van der Waals surface area (Å²) in [6.07, 6.45) is 6.17. The lowest BCUT2D eigenvalue weighted by molar-refractivity contribution is -0.0161. The third-order valence-electron chi connectivity index (χ3n) is 6.90. The average molecular weight is 443 g/mol. The molecule has 162 valence electrons. The molecule has 4 aliphatic rings. The fraction of sp³-hybridized carbons (Fsp3) is 0.417. The van der Waals surface area contributed by atoms with E-state index in [0.29, 0.717) is 28.5 Å². The lowest BCUT2D eigenvalue weighted by Gasteiger charge is -2.56. The summed E-state index contributed by atoms with van der Waals surface area (Å²) in [7, 11) is 0. The summed E-state index contributed by atoms with van der Waals surface area (Å²) in [5.41, 5.74) is 0.246. The van der Waals surface area contributed by atoms with Crippen LogP contribution in [0.5, 0.6) is 5.75 Å². The van der Waals surface area contributed by atoms with Gasteiger partial charge in [-0.25, -0.2) is 9.18 Å². The van der Waals surface area contributed by atoms with E-state index in [1.807, 2.05) is 0 Å². The minimum atomic E-state index is -0.589. The van der Waals surface area contributed by atoms with Gasteiger partial charge >= 0.3 is 6.09 Å². The van der Waals surface area contributed by atoms with Crippen LogP contribution >= 0.6 is 11.6 Å². The molecular weight excluding hydrogens is 419 g/mol. The number of amides is 2. The van der Waals surface area contributed by atoms with Crippen LogP contribution in [0.2, 0.25) is 5.02 Å². The number of benzene rings is 2. The zero-order valence-corrected chi connectivity index (χ0v) is 17.8. The van der Waals surface area contributed by atoms with E-state index in [0.717, 1.165) is 25.3 Å². The first-order chi connectivity index (χ1) is 14.9. The van der Waals surface area contributed by atoms with E-state index < -0.39 is 17.8 Å². The van der Waals surface area contributed by atoms with Crippen molar-refractivity contribution in [1.29, 1.82) is 0 Å². The average Bonchev–Trinajstić information content (AvgIpc) is 2.69. The van der Waals surface area contributed by atoms with Gasteiger partial charge in [-0.3, -0.25) is 4.79 Å². The van der Waals surface area contributed by atoms with Crippen molar-refractivity contribution < 1.29 is 18.7 Å². The Balaban J connectivity index is 1.31. The van der Waals surface area contributed by atoms with Crippen LogP contribution < -0.4 is 15.4 Å². The summed E-state index contributed by atoms with van der Waals surface area (Å²) in [6.45, 7) is 0. The Hall–Kier alpha value is -2.60. The van der Waals surface area contributed by atoms with Crippen LogP contribution in [0, 0.1) is 23.6 Å². The van der Waals surface area contributed by atoms with Gasteiger partial charge in [0.2, 0.25) is 0 Å². The molecule has 4 saturated carbocycles. The number of ether oxygens (including phenoxy) is 1. The summed E-state index contributed by atoms with van der Waals surface area (Å²) in [6, 6.07) is 10.1. The van der Waals surface area contributed by atoms with Gasteiger partial charge in [-0.2, -0.15) is 0 Å². The largest absolute Gasteiger partial charge is 0.413 e. The second kappa shape index (κ2) is 7.83. The summed E-state index contributed by atoms with van der Waals surface area (Å²) in [4.78, 5) is 25.5. The maximum atomic E-state index is 13.9. The molecule has 2 aromatic carbocycles. The Morgan fingerprint density at radius 1 is 0.968 bits per heavy atom. The highest BCUT2D eigenvalue weighted by Crippen LogP contribution is 2.55. The minimum Gasteiger partial charge on any atom is -0.409 e. The molecule has 0 spiro atoms. The number of halogens is 2. The standard InChI is InChI=1S/C24H24ClFN2O3/c25-17-1-4-19(5-2-17)27-22(29)20-10-18(26)3-6-21(20)31-23(30)28-24-11-14-7-15(12-24)9-16(8-14)13-24/h1-6,10,14-16H,7-9,11-13H2,(H,27,29)(H,28,30). The highest BCUT2D eigenvalue weighted by molar-refractivity contribution is 6.30. The van der Waals surface area contributed by atoms with Crippen molar-refractivity contribution >= 4 is 29.3 Å². The normalized spacial score (nSPS) is 28.3. The molecular formula is C24H24ClFN2O3. The molecule has 0 radical (unpaired) electrons. The van der Waals surface area contributed by atoms with E-state index >= 15 is 0 Å². The molecule has 2 amide bonds. The summed E-state index contributed by atoms with van der Waals surface area (Å²) in [5, 5.41) is 6.32. The van der Waals surface area contributed by atoms with Crippen molar-refractivity contribution in [3.63, 3.8) is 0 Å². The Kier molecular flexibility index (Phi) is 5.13. The molecule has 6 rings (SSSR count). The van der Waals surface area contributed by atoms with Gasteiger partial charge in [0, 0.05) is 16.2 Å². The van der Waals surface area contributed by atoms with Gasteiger partial charge in [0.05, 0.1) is 5.56 Å². The van der Waals surface area contributed by atoms with E-state index in [9.17, 15) is 14.0 Å². The highest BCUT2D eigenvalue weighted by atomic mass is 35.5. The van der Waals surface area contributed by atoms with Gasteiger partial charge in [0.15, 0.2) is 0 Å². The molecule has 0 atom stereocenters. The quantitative estimate of drug-likeness (QED) is 0.629. The third kappa shape index (κ3) is 4.26. The number of anilines is 1. The molecule has 0 unspecified atom stereocenters. The van der Waals surface area contributed by atoms with Crippen molar-refractivity contribution in [3.8, 4) is 5.75 Å². The van der Waals surface area contributed by atoms with E-state index in [4.69, 9.17) is 16.3 Å². The second-order valence-electron chi connectivity index (χ2n) is 9.31. The molecule has 0 aliphatic heterocycles. The smallest absolute Gasteiger partial charge is 0.409 e. The lowest BCUT2D eigenvalue weighted by Crippen LogP contribution is -2.60. The zero-order chi connectivity index (χ0) is 21.6. The minimum absolute atomic E-state index is 0.0232. The number of hydrogen-bond acceptors (Lipinski definition) is 3. The molecule has 31 heavy (non-hydrogen) atoms. The van der Waals surface area contributed by atoms with Crippen molar-refractivity contribution in [1.82, 2.24) is 5.32 Å². The topological polar surface area (TPSA) is 67.4 Å². The van der Waals surface area contributed by atoms with E-state index in [2.05, 4.69) is 10.6 Å². The van der Waals surface area contributed by atoms with Crippen molar-refractivity contribution in [2.75, 3.05) is 5.32 Å². The van der Waals surface area contributed by atoms with Crippen molar-refractivity contribution in [3.05, 3.63) is 58.9 Å². The predicted molar refractivity (Wildman–Crippen MR) is 116 cm³/mol. The first kappa shape index (κ1) is 20.3. The van der Waals surface area contributed by atoms with Gasteiger partial charge in [-0.05, 0) is 98.7 Å². The van der Waals surface area contributed by atoms with Gasteiger partial charge in [-0.15, -0.1) is 0 Å². The molecule has 0 heterocycles. The van der Waals surface area contributed by atoms with Gasteiger partial charge in [0.25, 0.3) is 5.91 Å². The first-order valence-electron chi connectivity index (χ1n) is 10.7. The van der Waals surface area contributed by atoms with Gasteiger partial charge in [0.1, 0.15) is 11.6 Å². The Labute approximate surface area is 185 Å². The first-order valence-corrected chi connectivity index (χ1v) is 11.1. The van der Waals surface area contributed by atoms with Crippen LogP contribution in [0.15, 0.2) is 42.5 Å². The third-order valence-corrected chi connectivity index (χ3v) is 7.15. The molecule has 5 nitrogen and oxygen atoms in total. The molecule has 0 aromatic heterocycles. The van der Waals surface area contributed by atoms with Gasteiger partial charge in [-0.1, -0.05) is 11.6 Å². The Morgan fingerprint density at radius 2 is 1.58 bits per heavy atom. The highest BCUT2D eigenvalue weighted by Gasteiger charge is 2.51. The monoisotopic (exact) mass is 442 g/mol. The van der Waals surface area contributed by atoms with E-state index in [1.165, 1.54) is 31.4 Å². The van der Waals surface area contributed by atoms with Gasteiger partial charge < -0.3 is 15.4 Å². The van der Waals surface area contributed by atoms with Crippen LogP contribution in [0.3, 0.4) is 0 Å². The van der Waals surface area contributed by atoms with Crippen molar-refractivity contribution in [2.24, 2.45) is 17.8 Å². The SMILES string of the molecule is O=C(NC12CC3CC(CC(C3)C1)C2)Oc1ccc(F)cc1C(=O)Nc1ccc(Cl)cc1. The molecule has 2 N–H and O–H groups in total. The van der Waals surface area contributed by atoms with E-state index in [1.54, 1.807) is 24.3 Å². The van der Waals surface area contributed by atoms with Crippen molar-refractivity contribution in [2.45, 2.75) is 44.1 Å². The number of carbonyl (C=O) groups is 2. The van der Waals surface area contributed by atoms with Crippen LogP contribution in [0.25, 0.3) is 0 Å². The number of hydrogen-bond donors (Lipinski definition) is 2. The fourth-order valence-electron chi connectivity index (χ4n) is 6.11. The molecule has 4 bridgehead atoms. The lowest BCUT2D eigenvalue weighted by atomic mass is 9.53. The Morgan fingerprint density at radius 3 is 2.19 bits per heavy atom. The maximum absolute atomic E-state index is 13.9. The molecule has 7 heteroatoms. The predicted octanol–water partition coefficient (Wildman–Crippen LogP) is 5.79. The maximum Gasteiger partial charge on any atom is 0.413 e. The zero-order valence-electron chi connectivity index (χ0n) is 17.0. The molecule has 4 aliphatic carbocycles. The molecule has 4 fully saturated rings. The summed E-state index contributed by atoms with van der Waals surface area (Å²) >= 11 is 5.87. The molecule has 0 saturated heterocycles. The van der Waals surface area contributed by atoms with E-state index in [-0.39, 0.29) is 16.9 Å². The van der Waals surface area contributed by atoms with Crippen LogP contribution in [-0.4, -0.2) is 17.5 Å². The van der Waals surface area contributed by atoms with Crippen LogP contribution in [-0.2, 0) is 0 Å². The summed E-state index contributed by atoms with van der Waals surface area (Å²) < 4.78 is 19.4. The molecule has 2 aromatic rings. The number of rotatable bonds is 4. The second-order valence-corrected chi connectivity index (χ2v) is 9.75.